The van der Waals surface area contributed by atoms with Gasteiger partial charge >= 0.3 is 0 Å². The van der Waals surface area contributed by atoms with Crippen molar-refractivity contribution in [2.45, 2.75) is 31.4 Å². The standard InChI is InChI=1S/C18H23N5O2/c24-17-3-1-2-16(17)21-8-10-22(11-9-21)18(25)14-4-6-15(7-5-14)23-12-19-20-13-23/h4-7,12-13,16-17,24H,1-3,8-11H2/t16-,17-/m0/s1. The second kappa shape index (κ2) is 6.93. The molecule has 4 rings (SSSR count). The maximum Gasteiger partial charge on any atom is 0.253 e. The molecule has 132 valence electrons. The van der Waals surface area contributed by atoms with E-state index in [4.69, 9.17) is 0 Å². The molecule has 0 spiro atoms. The molecule has 2 aromatic rings. The number of carbonyl (C=O) groups excluding carboxylic acids is 1. The second-order valence-electron chi connectivity index (χ2n) is 6.81. The van der Waals surface area contributed by atoms with E-state index in [0.717, 1.165) is 51.1 Å². The lowest BCUT2D eigenvalue weighted by Gasteiger charge is -2.39. The van der Waals surface area contributed by atoms with Crippen LogP contribution in [0.2, 0.25) is 0 Å². The number of benzene rings is 1. The molecule has 7 heteroatoms. The van der Waals surface area contributed by atoms with Gasteiger partial charge in [-0.1, -0.05) is 0 Å². The number of carbonyl (C=O) groups is 1. The van der Waals surface area contributed by atoms with E-state index in [2.05, 4.69) is 15.1 Å². The van der Waals surface area contributed by atoms with Crippen LogP contribution in [0.4, 0.5) is 0 Å². The van der Waals surface area contributed by atoms with E-state index in [9.17, 15) is 9.90 Å². The highest BCUT2D eigenvalue weighted by atomic mass is 16.3. The van der Waals surface area contributed by atoms with Gasteiger partial charge in [-0.3, -0.25) is 14.3 Å². The summed E-state index contributed by atoms with van der Waals surface area (Å²) in [6, 6.07) is 7.79. The third-order valence-corrected chi connectivity index (χ3v) is 5.35. The van der Waals surface area contributed by atoms with Gasteiger partial charge in [-0.2, -0.15) is 0 Å². The van der Waals surface area contributed by atoms with Crippen LogP contribution in [-0.2, 0) is 0 Å². The third-order valence-electron chi connectivity index (χ3n) is 5.35. The third kappa shape index (κ3) is 3.29. The monoisotopic (exact) mass is 341 g/mol. The summed E-state index contributed by atoms with van der Waals surface area (Å²) in [4.78, 5) is 17.0. The van der Waals surface area contributed by atoms with Crippen LogP contribution in [-0.4, -0.2) is 73.9 Å². The lowest BCUT2D eigenvalue weighted by Crippen LogP contribution is -2.53. The quantitative estimate of drug-likeness (QED) is 0.899. The summed E-state index contributed by atoms with van der Waals surface area (Å²) in [7, 11) is 0. The zero-order valence-electron chi connectivity index (χ0n) is 14.2. The molecule has 1 saturated carbocycles. The van der Waals surface area contributed by atoms with E-state index in [1.807, 2.05) is 29.2 Å². The number of aliphatic hydroxyl groups excluding tert-OH is 1. The highest BCUT2D eigenvalue weighted by molar-refractivity contribution is 5.94. The summed E-state index contributed by atoms with van der Waals surface area (Å²) in [5, 5.41) is 17.6. The first-order valence-corrected chi connectivity index (χ1v) is 8.89. The van der Waals surface area contributed by atoms with Crippen LogP contribution < -0.4 is 0 Å². The number of aromatic nitrogens is 3. The first kappa shape index (κ1) is 16.2. The first-order chi connectivity index (χ1) is 12.2. The van der Waals surface area contributed by atoms with E-state index >= 15 is 0 Å². The molecule has 1 saturated heterocycles. The summed E-state index contributed by atoms with van der Waals surface area (Å²) in [6.07, 6.45) is 6.14. The summed E-state index contributed by atoms with van der Waals surface area (Å²) in [5.74, 6) is 0.0712. The average molecular weight is 341 g/mol. The Kier molecular flexibility index (Phi) is 4.50. The predicted molar refractivity (Wildman–Crippen MR) is 92.5 cm³/mol. The highest BCUT2D eigenvalue weighted by Gasteiger charge is 2.33. The van der Waals surface area contributed by atoms with Gasteiger partial charge in [0.25, 0.3) is 5.91 Å². The fraction of sp³-hybridized carbons (Fsp3) is 0.500. The Labute approximate surface area is 146 Å². The molecule has 0 unspecified atom stereocenters. The molecule has 2 fully saturated rings. The van der Waals surface area contributed by atoms with Gasteiger partial charge in [-0.05, 0) is 43.5 Å². The SMILES string of the molecule is O=C(c1ccc(-n2cnnc2)cc1)N1CCN([C@H]2CCC[C@@H]2O)CC1. The Morgan fingerprint density at radius 3 is 2.28 bits per heavy atom. The van der Waals surface area contributed by atoms with Crippen molar-refractivity contribution in [1.29, 1.82) is 0 Å². The van der Waals surface area contributed by atoms with E-state index in [-0.39, 0.29) is 18.1 Å². The largest absolute Gasteiger partial charge is 0.391 e. The van der Waals surface area contributed by atoms with Crippen molar-refractivity contribution in [3.05, 3.63) is 42.5 Å². The summed E-state index contributed by atoms with van der Waals surface area (Å²) >= 11 is 0. The minimum absolute atomic E-state index is 0.0712. The van der Waals surface area contributed by atoms with Crippen molar-refractivity contribution >= 4 is 5.91 Å². The number of rotatable bonds is 3. The maximum atomic E-state index is 12.7. The van der Waals surface area contributed by atoms with Crippen molar-refractivity contribution in [3.63, 3.8) is 0 Å². The zero-order valence-corrected chi connectivity index (χ0v) is 14.2. The van der Waals surface area contributed by atoms with Crippen LogP contribution in [0.1, 0.15) is 29.6 Å². The molecular formula is C18H23N5O2. The topological polar surface area (TPSA) is 74.5 Å². The van der Waals surface area contributed by atoms with Gasteiger partial charge in [0, 0.05) is 43.5 Å². The predicted octanol–water partition coefficient (Wildman–Crippen LogP) is 0.938. The number of hydrogen-bond acceptors (Lipinski definition) is 5. The Bertz CT molecular complexity index is 708. The lowest BCUT2D eigenvalue weighted by atomic mass is 10.1. The summed E-state index contributed by atoms with van der Waals surface area (Å²) < 4.78 is 1.81. The Morgan fingerprint density at radius 1 is 1.00 bits per heavy atom. The Balaban J connectivity index is 1.37. The van der Waals surface area contributed by atoms with Gasteiger partial charge in [0.15, 0.2) is 0 Å². The van der Waals surface area contributed by atoms with Crippen LogP contribution in [0.15, 0.2) is 36.9 Å². The summed E-state index contributed by atoms with van der Waals surface area (Å²) in [5.41, 5.74) is 1.63. The molecule has 1 aliphatic heterocycles. The van der Waals surface area contributed by atoms with Gasteiger partial charge in [-0.25, -0.2) is 0 Å². The van der Waals surface area contributed by atoms with Crippen LogP contribution in [0.25, 0.3) is 5.69 Å². The highest BCUT2D eigenvalue weighted by Crippen LogP contribution is 2.25. The van der Waals surface area contributed by atoms with Crippen LogP contribution >= 0.6 is 0 Å². The summed E-state index contributed by atoms with van der Waals surface area (Å²) in [6.45, 7) is 3.11. The molecule has 1 aromatic heterocycles. The van der Waals surface area contributed by atoms with Crippen molar-refractivity contribution in [2.75, 3.05) is 26.2 Å². The minimum Gasteiger partial charge on any atom is -0.391 e. The van der Waals surface area contributed by atoms with Crippen molar-refractivity contribution in [2.24, 2.45) is 0 Å². The van der Waals surface area contributed by atoms with Gasteiger partial charge in [0.2, 0.25) is 0 Å². The first-order valence-electron chi connectivity index (χ1n) is 8.89. The van der Waals surface area contributed by atoms with E-state index in [1.54, 1.807) is 17.2 Å². The molecule has 1 aromatic carbocycles. The number of amides is 1. The number of hydrogen-bond donors (Lipinski definition) is 1. The van der Waals surface area contributed by atoms with E-state index in [0.29, 0.717) is 5.56 Å². The smallest absolute Gasteiger partial charge is 0.253 e. The fourth-order valence-electron chi connectivity index (χ4n) is 3.90. The molecule has 1 N–H and O–H groups in total. The molecule has 2 atom stereocenters. The normalized spacial score (nSPS) is 24.6. The van der Waals surface area contributed by atoms with Gasteiger partial charge < -0.3 is 10.0 Å². The second-order valence-corrected chi connectivity index (χ2v) is 6.81. The zero-order chi connectivity index (χ0) is 17.2. The molecule has 7 nitrogen and oxygen atoms in total. The Morgan fingerprint density at radius 2 is 1.68 bits per heavy atom. The van der Waals surface area contributed by atoms with Crippen molar-refractivity contribution < 1.29 is 9.90 Å². The fourth-order valence-corrected chi connectivity index (χ4v) is 3.90. The van der Waals surface area contributed by atoms with Gasteiger partial charge in [0.05, 0.1) is 6.10 Å². The van der Waals surface area contributed by atoms with Crippen LogP contribution in [0.3, 0.4) is 0 Å². The molecule has 1 amide bonds. The molecular weight excluding hydrogens is 318 g/mol. The number of aliphatic hydroxyl groups is 1. The van der Waals surface area contributed by atoms with Crippen LogP contribution in [0, 0.1) is 0 Å². The van der Waals surface area contributed by atoms with Crippen molar-refractivity contribution in [3.8, 4) is 5.69 Å². The maximum absolute atomic E-state index is 12.7. The van der Waals surface area contributed by atoms with Crippen molar-refractivity contribution in [1.82, 2.24) is 24.6 Å². The molecule has 25 heavy (non-hydrogen) atoms. The van der Waals surface area contributed by atoms with Crippen LogP contribution in [0.5, 0.6) is 0 Å². The van der Waals surface area contributed by atoms with E-state index < -0.39 is 0 Å². The van der Waals surface area contributed by atoms with Gasteiger partial charge in [-0.15, -0.1) is 10.2 Å². The molecule has 0 bridgehead atoms. The number of nitrogens with zero attached hydrogens (tertiary/aromatic N) is 5. The van der Waals surface area contributed by atoms with E-state index in [1.165, 1.54) is 0 Å². The number of piperazine rings is 1. The lowest BCUT2D eigenvalue weighted by molar-refractivity contribution is 0.0315. The van der Waals surface area contributed by atoms with Gasteiger partial charge in [0.1, 0.15) is 12.7 Å². The average Bonchev–Trinajstić information content (AvgIpc) is 3.33. The molecule has 2 aliphatic rings. The minimum atomic E-state index is -0.201. The molecule has 0 radical (unpaired) electrons. The molecule has 1 aliphatic carbocycles. The molecule has 2 heterocycles. The Hall–Kier alpha value is -2.25.